The van der Waals surface area contributed by atoms with Crippen LogP contribution in [0.5, 0.6) is 0 Å². The molecule has 106 valence electrons. The number of amides is 1. The van der Waals surface area contributed by atoms with Crippen LogP contribution in [-0.2, 0) is 14.8 Å². The number of ether oxygens (including phenoxy) is 1. The van der Waals surface area contributed by atoms with E-state index in [1.165, 1.54) is 19.2 Å². The highest BCUT2D eigenvalue weighted by molar-refractivity contribution is 7.89. The Bertz CT molecular complexity index is 555. The van der Waals surface area contributed by atoms with Gasteiger partial charge in [-0.25, -0.2) is 17.5 Å². The number of hydrogen-bond acceptors (Lipinski definition) is 4. The summed E-state index contributed by atoms with van der Waals surface area (Å²) in [5.41, 5.74) is 0.201. The number of aryl methyl sites for hydroxylation is 1. The van der Waals surface area contributed by atoms with Crippen LogP contribution in [-0.4, -0.2) is 31.5 Å². The lowest BCUT2D eigenvalue weighted by atomic mass is 10.2. The maximum Gasteiger partial charge on any atom is 0.424 e. The molecule has 0 bridgehead atoms. The molecule has 0 heterocycles. The van der Waals surface area contributed by atoms with Crippen LogP contribution in [0.4, 0.5) is 4.79 Å². The van der Waals surface area contributed by atoms with E-state index in [1.807, 2.05) is 6.92 Å². The Balaban J connectivity index is 3.00. The van der Waals surface area contributed by atoms with Crippen LogP contribution in [0.25, 0.3) is 0 Å². The van der Waals surface area contributed by atoms with E-state index in [1.54, 1.807) is 32.9 Å². The van der Waals surface area contributed by atoms with E-state index in [0.717, 1.165) is 5.56 Å². The summed E-state index contributed by atoms with van der Waals surface area (Å²) in [4.78, 5) is 11.8. The van der Waals surface area contributed by atoms with Gasteiger partial charge >= 0.3 is 6.09 Å². The fourth-order valence-electron chi connectivity index (χ4n) is 1.29. The van der Waals surface area contributed by atoms with Gasteiger partial charge in [-0.15, -0.1) is 0 Å². The molecule has 0 aliphatic carbocycles. The molecule has 1 aromatic rings. The predicted octanol–water partition coefficient (Wildman–Crippen LogP) is 2.55. The Labute approximate surface area is 114 Å². The molecular weight excluding hydrogens is 266 g/mol. The van der Waals surface area contributed by atoms with Gasteiger partial charge in [0.15, 0.2) is 0 Å². The largest absolute Gasteiger partial charge is 0.443 e. The maximum absolute atomic E-state index is 12.2. The summed E-state index contributed by atoms with van der Waals surface area (Å²) in [6.45, 7) is 6.89. The molecule has 0 aromatic heterocycles. The minimum Gasteiger partial charge on any atom is -0.443 e. The molecule has 0 atom stereocenters. The molecule has 0 saturated heterocycles. The summed E-state index contributed by atoms with van der Waals surface area (Å²) in [7, 11) is -2.68. The standard InChI is InChI=1S/C13H19NO4S/c1-10-6-8-11(9-7-10)19(16,17)14(5)12(15)18-13(2,3)4/h6-9H,1-5H3. The fourth-order valence-corrected chi connectivity index (χ4v) is 2.32. The van der Waals surface area contributed by atoms with Gasteiger partial charge in [0.05, 0.1) is 4.90 Å². The number of benzene rings is 1. The third kappa shape index (κ3) is 3.96. The topological polar surface area (TPSA) is 63.7 Å². The molecule has 0 aliphatic rings. The summed E-state index contributed by atoms with van der Waals surface area (Å²) < 4.78 is 30.0. The van der Waals surface area contributed by atoms with E-state index in [4.69, 9.17) is 4.74 Å². The van der Waals surface area contributed by atoms with E-state index in [9.17, 15) is 13.2 Å². The Morgan fingerprint density at radius 1 is 1.16 bits per heavy atom. The molecule has 5 nitrogen and oxygen atoms in total. The van der Waals surface area contributed by atoms with E-state index in [2.05, 4.69) is 0 Å². The first-order valence-electron chi connectivity index (χ1n) is 5.82. The van der Waals surface area contributed by atoms with E-state index >= 15 is 0 Å². The molecule has 0 unspecified atom stereocenters. The van der Waals surface area contributed by atoms with E-state index in [0.29, 0.717) is 4.31 Å². The third-order valence-corrected chi connectivity index (χ3v) is 4.07. The van der Waals surface area contributed by atoms with Gasteiger partial charge in [-0.1, -0.05) is 17.7 Å². The van der Waals surface area contributed by atoms with Crippen molar-refractivity contribution in [1.82, 2.24) is 4.31 Å². The number of carbonyl (C=O) groups excluding carboxylic acids is 1. The first-order valence-corrected chi connectivity index (χ1v) is 7.26. The molecule has 6 heteroatoms. The van der Waals surface area contributed by atoms with Crippen LogP contribution < -0.4 is 0 Å². The fraction of sp³-hybridized carbons (Fsp3) is 0.462. The lowest BCUT2D eigenvalue weighted by molar-refractivity contribution is 0.0420. The zero-order chi connectivity index (χ0) is 14.8. The van der Waals surface area contributed by atoms with Crippen molar-refractivity contribution >= 4 is 16.1 Å². The highest BCUT2D eigenvalue weighted by Gasteiger charge is 2.29. The number of carbonyl (C=O) groups is 1. The van der Waals surface area contributed by atoms with Gasteiger partial charge in [0.1, 0.15) is 5.60 Å². The zero-order valence-electron chi connectivity index (χ0n) is 11.8. The maximum atomic E-state index is 12.2. The van der Waals surface area contributed by atoms with E-state index < -0.39 is 21.7 Å². The first-order chi connectivity index (χ1) is 8.54. The molecule has 0 radical (unpaired) electrons. The molecule has 0 spiro atoms. The molecule has 0 aliphatic heterocycles. The quantitative estimate of drug-likeness (QED) is 0.837. The first kappa shape index (κ1) is 15.5. The van der Waals surface area contributed by atoms with Crippen LogP contribution in [0.15, 0.2) is 29.2 Å². The van der Waals surface area contributed by atoms with Crippen LogP contribution in [0.3, 0.4) is 0 Å². The van der Waals surface area contributed by atoms with Crippen LogP contribution >= 0.6 is 0 Å². The van der Waals surface area contributed by atoms with Crippen molar-refractivity contribution in [1.29, 1.82) is 0 Å². The minimum atomic E-state index is -3.87. The van der Waals surface area contributed by atoms with Crippen LogP contribution in [0.2, 0.25) is 0 Å². The number of nitrogens with zero attached hydrogens (tertiary/aromatic N) is 1. The van der Waals surface area contributed by atoms with Gasteiger partial charge in [0.2, 0.25) is 0 Å². The summed E-state index contributed by atoms with van der Waals surface area (Å²) in [6.07, 6.45) is -0.895. The molecule has 0 N–H and O–H groups in total. The molecule has 0 fully saturated rings. The Hall–Kier alpha value is -1.56. The molecule has 1 rings (SSSR count). The zero-order valence-corrected chi connectivity index (χ0v) is 12.6. The summed E-state index contributed by atoms with van der Waals surface area (Å²) >= 11 is 0. The Kier molecular flexibility index (Phi) is 4.25. The molecule has 0 saturated carbocycles. The lowest BCUT2D eigenvalue weighted by Crippen LogP contribution is -2.38. The van der Waals surface area contributed by atoms with Gasteiger partial charge in [-0.3, -0.25) is 0 Å². The van der Waals surface area contributed by atoms with E-state index in [-0.39, 0.29) is 4.90 Å². The Morgan fingerprint density at radius 2 is 1.63 bits per heavy atom. The van der Waals surface area contributed by atoms with Gasteiger partial charge in [0.25, 0.3) is 10.0 Å². The highest BCUT2D eigenvalue weighted by atomic mass is 32.2. The SMILES string of the molecule is Cc1ccc(S(=O)(=O)N(C)C(=O)OC(C)(C)C)cc1. The average Bonchev–Trinajstić information content (AvgIpc) is 2.26. The second-order valence-corrected chi connectivity index (χ2v) is 7.24. The molecule has 1 aromatic carbocycles. The smallest absolute Gasteiger partial charge is 0.424 e. The van der Waals surface area contributed by atoms with Crippen molar-refractivity contribution in [3.05, 3.63) is 29.8 Å². The normalized spacial score (nSPS) is 12.1. The Morgan fingerprint density at radius 3 is 2.05 bits per heavy atom. The van der Waals surface area contributed by atoms with Crippen molar-refractivity contribution in [2.75, 3.05) is 7.05 Å². The van der Waals surface area contributed by atoms with Gasteiger partial charge in [-0.2, -0.15) is 0 Å². The van der Waals surface area contributed by atoms with Gasteiger partial charge in [-0.05, 0) is 39.8 Å². The monoisotopic (exact) mass is 285 g/mol. The van der Waals surface area contributed by atoms with Crippen molar-refractivity contribution in [3.63, 3.8) is 0 Å². The minimum absolute atomic E-state index is 0.0615. The van der Waals surface area contributed by atoms with Gasteiger partial charge in [0, 0.05) is 7.05 Å². The molecular formula is C13H19NO4S. The van der Waals surface area contributed by atoms with Crippen molar-refractivity contribution in [2.24, 2.45) is 0 Å². The van der Waals surface area contributed by atoms with Crippen LogP contribution in [0.1, 0.15) is 26.3 Å². The molecule has 1 amide bonds. The average molecular weight is 285 g/mol. The number of sulfonamides is 1. The number of rotatable bonds is 2. The van der Waals surface area contributed by atoms with Crippen molar-refractivity contribution in [3.8, 4) is 0 Å². The molecule has 19 heavy (non-hydrogen) atoms. The predicted molar refractivity (Wildman–Crippen MR) is 72.4 cm³/mol. The van der Waals surface area contributed by atoms with Gasteiger partial charge < -0.3 is 4.74 Å². The number of hydrogen-bond donors (Lipinski definition) is 0. The summed E-state index contributed by atoms with van der Waals surface area (Å²) in [6, 6.07) is 6.28. The second-order valence-electron chi connectivity index (χ2n) is 5.27. The second kappa shape index (κ2) is 5.21. The third-order valence-electron chi connectivity index (χ3n) is 2.33. The summed E-state index contributed by atoms with van der Waals surface area (Å²) in [5, 5.41) is 0. The lowest BCUT2D eigenvalue weighted by Gasteiger charge is -2.24. The van der Waals surface area contributed by atoms with Crippen molar-refractivity contribution in [2.45, 2.75) is 38.2 Å². The van der Waals surface area contributed by atoms with Crippen LogP contribution in [0, 0.1) is 6.92 Å². The summed E-state index contributed by atoms with van der Waals surface area (Å²) in [5.74, 6) is 0. The highest BCUT2D eigenvalue weighted by Crippen LogP contribution is 2.18. The van der Waals surface area contributed by atoms with Crippen molar-refractivity contribution < 1.29 is 17.9 Å².